The first-order chi connectivity index (χ1) is 14.5. The van der Waals surface area contributed by atoms with E-state index in [1.807, 2.05) is 18.2 Å². The van der Waals surface area contributed by atoms with Gasteiger partial charge in [-0.3, -0.25) is 4.79 Å². The molecular formula is C24H35N5O. The number of nitrogens with one attached hydrogen (secondary N) is 1. The van der Waals surface area contributed by atoms with Gasteiger partial charge in [0.1, 0.15) is 12.1 Å². The molecule has 30 heavy (non-hydrogen) atoms. The van der Waals surface area contributed by atoms with Gasteiger partial charge < -0.3 is 15.1 Å². The first-order valence-electron chi connectivity index (χ1n) is 11.4. The van der Waals surface area contributed by atoms with Crippen molar-refractivity contribution in [3.05, 3.63) is 30.6 Å². The van der Waals surface area contributed by atoms with E-state index in [1.165, 1.54) is 25.7 Å². The van der Waals surface area contributed by atoms with E-state index in [4.69, 9.17) is 0 Å². The molecule has 1 amide bonds. The molecule has 1 N–H and O–H groups in total. The van der Waals surface area contributed by atoms with Crippen LogP contribution in [-0.4, -0.2) is 60.0 Å². The summed E-state index contributed by atoms with van der Waals surface area (Å²) in [6.45, 7) is 4.82. The number of para-hydroxylation sites is 1. The van der Waals surface area contributed by atoms with E-state index in [2.05, 4.69) is 52.2 Å². The number of carbonyl (C=O) groups excluding carboxylic acids is 1. The number of nitrogens with zero attached hydrogens (tertiary/aromatic N) is 4. The van der Waals surface area contributed by atoms with E-state index < -0.39 is 0 Å². The standard InChI is InChI=1S/C24H35N5O/c1-18-8-12-24(13-9-18,28(2)3)16-25-23(30)19-10-14-29(15-11-19)22-20-6-4-5-7-21(20)26-17-27-22/h4-7,17-19H,8-16H2,1-3H3,(H,25,30). The highest BCUT2D eigenvalue weighted by atomic mass is 16.1. The highest BCUT2D eigenvalue weighted by molar-refractivity contribution is 5.89. The van der Waals surface area contributed by atoms with Crippen molar-refractivity contribution in [1.29, 1.82) is 0 Å². The molecule has 2 fully saturated rings. The van der Waals surface area contributed by atoms with Gasteiger partial charge in [0.15, 0.2) is 0 Å². The van der Waals surface area contributed by atoms with Crippen molar-refractivity contribution in [3.63, 3.8) is 0 Å². The van der Waals surface area contributed by atoms with Gasteiger partial charge in [0, 0.05) is 36.5 Å². The molecule has 4 rings (SSSR count). The third kappa shape index (κ3) is 4.29. The van der Waals surface area contributed by atoms with Crippen LogP contribution >= 0.6 is 0 Å². The number of piperidine rings is 1. The smallest absolute Gasteiger partial charge is 0.223 e. The van der Waals surface area contributed by atoms with Gasteiger partial charge in [-0.15, -0.1) is 0 Å². The summed E-state index contributed by atoms with van der Waals surface area (Å²) in [6.07, 6.45) is 8.22. The van der Waals surface area contributed by atoms with E-state index in [-0.39, 0.29) is 17.4 Å². The number of hydrogen-bond donors (Lipinski definition) is 1. The number of aromatic nitrogens is 2. The summed E-state index contributed by atoms with van der Waals surface area (Å²) in [5.41, 5.74) is 1.08. The molecule has 0 radical (unpaired) electrons. The quantitative estimate of drug-likeness (QED) is 0.819. The van der Waals surface area contributed by atoms with Crippen LogP contribution in [0.25, 0.3) is 10.9 Å². The Bertz CT molecular complexity index is 862. The largest absolute Gasteiger partial charge is 0.356 e. The second-order valence-corrected chi connectivity index (χ2v) is 9.49. The Kier molecular flexibility index (Phi) is 6.23. The van der Waals surface area contributed by atoms with E-state index in [0.717, 1.165) is 55.1 Å². The topological polar surface area (TPSA) is 61.4 Å². The second kappa shape index (κ2) is 8.88. The summed E-state index contributed by atoms with van der Waals surface area (Å²) in [7, 11) is 4.32. The van der Waals surface area contributed by atoms with Crippen LogP contribution in [0.4, 0.5) is 5.82 Å². The zero-order chi connectivity index (χ0) is 21.1. The van der Waals surface area contributed by atoms with Crippen molar-refractivity contribution in [3.8, 4) is 0 Å². The predicted molar refractivity (Wildman–Crippen MR) is 122 cm³/mol. The molecule has 1 aromatic carbocycles. The average molecular weight is 410 g/mol. The molecule has 0 atom stereocenters. The summed E-state index contributed by atoms with van der Waals surface area (Å²) in [5, 5.41) is 4.40. The van der Waals surface area contributed by atoms with Gasteiger partial charge in [-0.25, -0.2) is 9.97 Å². The number of hydrogen-bond acceptors (Lipinski definition) is 5. The Morgan fingerprint density at radius 1 is 1.13 bits per heavy atom. The zero-order valence-corrected chi connectivity index (χ0v) is 18.6. The Morgan fingerprint density at radius 3 is 2.53 bits per heavy atom. The number of amides is 1. The van der Waals surface area contributed by atoms with Gasteiger partial charge in [0.05, 0.1) is 5.52 Å². The molecule has 2 aromatic rings. The van der Waals surface area contributed by atoms with Crippen LogP contribution in [0, 0.1) is 11.8 Å². The number of benzene rings is 1. The van der Waals surface area contributed by atoms with Gasteiger partial charge in [-0.2, -0.15) is 0 Å². The highest BCUT2D eigenvalue weighted by Gasteiger charge is 2.37. The van der Waals surface area contributed by atoms with E-state index in [0.29, 0.717) is 0 Å². The number of likely N-dealkylation sites (N-methyl/N-ethyl adjacent to an activating group) is 1. The number of rotatable bonds is 5. The molecule has 1 saturated carbocycles. The maximum atomic E-state index is 13.0. The maximum absolute atomic E-state index is 13.0. The average Bonchev–Trinajstić information content (AvgIpc) is 2.78. The normalized spacial score (nSPS) is 25.6. The molecule has 1 saturated heterocycles. The van der Waals surface area contributed by atoms with Crippen molar-refractivity contribution in [1.82, 2.24) is 20.2 Å². The van der Waals surface area contributed by atoms with E-state index in [1.54, 1.807) is 6.33 Å². The summed E-state index contributed by atoms with van der Waals surface area (Å²) in [5.74, 6) is 2.11. The lowest BCUT2D eigenvalue weighted by Crippen LogP contribution is -2.55. The van der Waals surface area contributed by atoms with Crippen LogP contribution in [-0.2, 0) is 4.79 Å². The first-order valence-corrected chi connectivity index (χ1v) is 11.4. The molecule has 2 heterocycles. The molecule has 2 aliphatic rings. The zero-order valence-electron chi connectivity index (χ0n) is 18.6. The van der Waals surface area contributed by atoms with Gasteiger partial charge >= 0.3 is 0 Å². The van der Waals surface area contributed by atoms with Crippen molar-refractivity contribution in [2.75, 3.05) is 38.6 Å². The summed E-state index contributed by atoms with van der Waals surface area (Å²) in [4.78, 5) is 26.5. The number of fused-ring (bicyclic) bond motifs is 1. The Hall–Kier alpha value is -2.21. The first kappa shape index (κ1) is 21.0. The fourth-order valence-corrected chi connectivity index (χ4v) is 5.07. The monoisotopic (exact) mass is 409 g/mol. The van der Waals surface area contributed by atoms with Crippen LogP contribution in [0.1, 0.15) is 45.4 Å². The molecule has 1 aliphatic carbocycles. The molecular weight excluding hydrogens is 374 g/mol. The van der Waals surface area contributed by atoms with E-state index in [9.17, 15) is 4.79 Å². The summed E-state index contributed by atoms with van der Waals surface area (Å²) >= 11 is 0. The lowest BCUT2D eigenvalue weighted by atomic mass is 9.76. The van der Waals surface area contributed by atoms with Gasteiger partial charge in [0.2, 0.25) is 5.91 Å². The lowest BCUT2D eigenvalue weighted by molar-refractivity contribution is -0.126. The minimum Gasteiger partial charge on any atom is -0.356 e. The van der Waals surface area contributed by atoms with Crippen LogP contribution in [0.5, 0.6) is 0 Å². The Balaban J connectivity index is 1.34. The van der Waals surface area contributed by atoms with Crippen molar-refractivity contribution in [2.24, 2.45) is 11.8 Å². The SMILES string of the molecule is CC1CCC(CNC(=O)C2CCN(c3ncnc4ccccc34)CC2)(N(C)C)CC1. The van der Waals surface area contributed by atoms with Crippen LogP contribution in [0.2, 0.25) is 0 Å². The van der Waals surface area contributed by atoms with Gasteiger partial charge in [0.25, 0.3) is 0 Å². The van der Waals surface area contributed by atoms with Crippen molar-refractivity contribution in [2.45, 2.75) is 51.0 Å². The fraction of sp³-hybridized carbons (Fsp3) is 0.625. The Labute approximate surface area is 180 Å². The molecule has 0 bridgehead atoms. The van der Waals surface area contributed by atoms with Crippen LogP contribution in [0.15, 0.2) is 30.6 Å². The predicted octanol–water partition coefficient (Wildman–Crippen LogP) is 3.47. The highest BCUT2D eigenvalue weighted by Crippen LogP contribution is 2.35. The lowest BCUT2D eigenvalue weighted by Gasteiger charge is -2.45. The van der Waals surface area contributed by atoms with Crippen LogP contribution in [0.3, 0.4) is 0 Å². The second-order valence-electron chi connectivity index (χ2n) is 9.49. The molecule has 1 aromatic heterocycles. The number of carbonyl (C=O) groups is 1. The summed E-state index contributed by atoms with van der Waals surface area (Å²) in [6, 6.07) is 8.13. The molecule has 162 valence electrons. The summed E-state index contributed by atoms with van der Waals surface area (Å²) < 4.78 is 0. The van der Waals surface area contributed by atoms with E-state index >= 15 is 0 Å². The molecule has 1 aliphatic heterocycles. The minimum atomic E-state index is 0.0936. The maximum Gasteiger partial charge on any atom is 0.223 e. The fourth-order valence-electron chi connectivity index (χ4n) is 5.07. The molecule has 0 unspecified atom stereocenters. The van der Waals surface area contributed by atoms with Crippen LogP contribution < -0.4 is 10.2 Å². The van der Waals surface area contributed by atoms with Crippen molar-refractivity contribution < 1.29 is 4.79 Å². The van der Waals surface area contributed by atoms with Gasteiger partial charge in [-0.1, -0.05) is 19.1 Å². The third-order valence-corrected chi connectivity index (χ3v) is 7.43. The van der Waals surface area contributed by atoms with Gasteiger partial charge in [-0.05, 0) is 70.7 Å². The molecule has 6 heteroatoms. The number of anilines is 1. The molecule has 6 nitrogen and oxygen atoms in total. The third-order valence-electron chi connectivity index (χ3n) is 7.43. The minimum absolute atomic E-state index is 0.0936. The van der Waals surface area contributed by atoms with Crippen molar-refractivity contribution >= 4 is 22.6 Å². The Morgan fingerprint density at radius 2 is 1.83 bits per heavy atom. The molecule has 0 spiro atoms.